The molecule has 2 heteroatoms. The summed E-state index contributed by atoms with van der Waals surface area (Å²) >= 11 is 0. The number of hydrogen-bond acceptors (Lipinski definition) is 2. The van der Waals surface area contributed by atoms with Gasteiger partial charge < -0.3 is 10.1 Å². The van der Waals surface area contributed by atoms with Crippen molar-refractivity contribution in [3.8, 4) is 0 Å². The molecule has 2 nitrogen and oxygen atoms in total. The van der Waals surface area contributed by atoms with E-state index in [4.69, 9.17) is 4.74 Å². The largest absolute Gasteiger partial charge is 0.378 e. The zero-order valence-corrected chi connectivity index (χ0v) is 10.8. The first-order chi connectivity index (χ1) is 7.12. The Kier molecular flexibility index (Phi) is 5.07. The van der Waals surface area contributed by atoms with Gasteiger partial charge in [-0.05, 0) is 19.4 Å². The van der Waals surface area contributed by atoms with Crippen molar-refractivity contribution in [2.24, 2.45) is 5.41 Å². The van der Waals surface area contributed by atoms with E-state index in [1.165, 1.54) is 25.7 Å². The summed E-state index contributed by atoms with van der Waals surface area (Å²) in [5.41, 5.74) is 0.322. The van der Waals surface area contributed by atoms with Gasteiger partial charge in [0, 0.05) is 18.1 Å². The van der Waals surface area contributed by atoms with Crippen molar-refractivity contribution in [1.29, 1.82) is 0 Å². The Labute approximate surface area is 94.8 Å². The lowest BCUT2D eigenvalue weighted by atomic mass is 9.64. The Hall–Kier alpha value is -0.0800. The van der Waals surface area contributed by atoms with E-state index in [1.54, 1.807) is 0 Å². The van der Waals surface area contributed by atoms with E-state index in [1.807, 2.05) is 0 Å². The summed E-state index contributed by atoms with van der Waals surface area (Å²) in [5, 5.41) is 3.52. The SMILES string of the molecule is CCCCCOC1CC(NCC)C1(C)C. The molecule has 1 fully saturated rings. The van der Waals surface area contributed by atoms with Gasteiger partial charge in [-0.3, -0.25) is 0 Å². The number of rotatable bonds is 7. The Balaban J connectivity index is 2.17. The van der Waals surface area contributed by atoms with Gasteiger partial charge in [0.2, 0.25) is 0 Å². The maximum atomic E-state index is 5.93. The Bertz CT molecular complexity index is 179. The van der Waals surface area contributed by atoms with Gasteiger partial charge in [-0.15, -0.1) is 0 Å². The first kappa shape index (κ1) is 13.0. The lowest BCUT2D eigenvalue weighted by molar-refractivity contribution is -0.117. The third kappa shape index (κ3) is 3.18. The third-order valence-corrected chi connectivity index (χ3v) is 3.70. The van der Waals surface area contributed by atoms with Crippen molar-refractivity contribution >= 4 is 0 Å². The molecule has 2 unspecified atom stereocenters. The van der Waals surface area contributed by atoms with E-state index >= 15 is 0 Å². The maximum Gasteiger partial charge on any atom is 0.0655 e. The van der Waals surface area contributed by atoms with Crippen LogP contribution < -0.4 is 5.32 Å². The summed E-state index contributed by atoms with van der Waals surface area (Å²) in [5.74, 6) is 0. The smallest absolute Gasteiger partial charge is 0.0655 e. The van der Waals surface area contributed by atoms with E-state index in [0.29, 0.717) is 17.6 Å². The molecule has 15 heavy (non-hydrogen) atoms. The summed E-state index contributed by atoms with van der Waals surface area (Å²) in [6.45, 7) is 11.0. The standard InChI is InChI=1S/C13H27NO/c1-5-7-8-9-15-12-10-11(14-6-2)13(12,3)4/h11-12,14H,5-10H2,1-4H3. The van der Waals surface area contributed by atoms with Gasteiger partial charge in [0.05, 0.1) is 6.10 Å². The van der Waals surface area contributed by atoms with Crippen LogP contribution in [0.4, 0.5) is 0 Å². The van der Waals surface area contributed by atoms with Crippen LogP contribution in [0.3, 0.4) is 0 Å². The van der Waals surface area contributed by atoms with Crippen LogP contribution in [0.15, 0.2) is 0 Å². The van der Waals surface area contributed by atoms with Crippen LogP contribution >= 0.6 is 0 Å². The molecule has 0 aromatic rings. The molecule has 1 aliphatic carbocycles. The fourth-order valence-electron chi connectivity index (χ4n) is 2.34. The van der Waals surface area contributed by atoms with Crippen LogP contribution in [0.1, 0.15) is 53.4 Å². The summed E-state index contributed by atoms with van der Waals surface area (Å²) in [6, 6.07) is 0.652. The van der Waals surface area contributed by atoms with E-state index in [9.17, 15) is 0 Å². The highest BCUT2D eigenvalue weighted by Gasteiger charge is 2.48. The minimum absolute atomic E-state index is 0.322. The molecule has 0 aliphatic heterocycles. The molecule has 1 aliphatic rings. The van der Waals surface area contributed by atoms with Crippen LogP contribution in [-0.2, 0) is 4.74 Å². The summed E-state index contributed by atoms with van der Waals surface area (Å²) < 4.78 is 5.93. The fraction of sp³-hybridized carbons (Fsp3) is 1.00. The molecule has 0 bridgehead atoms. The highest BCUT2D eigenvalue weighted by atomic mass is 16.5. The predicted molar refractivity (Wildman–Crippen MR) is 65.1 cm³/mol. The molecule has 90 valence electrons. The Morgan fingerprint density at radius 1 is 1.27 bits per heavy atom. The molecular weight excluding hydrogens is 186 g/mol. The molecule has 0 heterocycles. The molecule has 1 saturated carbocycles. The summed E-state index contributed by atoms with van der Waals surface area (Å²) in [4.78, 5) is 0. The van der Waals surface area contributed by atoms with E-state index in [0.717, 1.165) is 13.2 Å². The minimum Gasteiger partial charge on any atom is -0.378 e. The van der Waals surface area contributed by atoms with Crippen LogP contribution in [0.2, 0.25) is 0 Å². The number of nitrogens with one attached hydrogen (secondary N) is 1. The molecule has 0 spiro atoms. The van der Waals surface area contributed by atoms with E-state index in [-0.39, 0.29) is 0 Å². The van der Waals surface area contributed by atoms with Crippen LogP contribution in [-0.4, -0.2) is 25.3 Å². The van der Waals surface area contributed by atoms with Crippen molar-refractivity contribution < 1.29 is 4.74 Å². The van der Waals surface area contributed by atoms with Gasteiger partial charge in [-0.2, -0.15) is 0 Å². The summed E-state index contributed by atoms with van der Waals surface area (Å²) in [6.07, 6.45) is 5.45. The third-order valence-electron chi connectivity index (χ3n) is 3.70. The number of hydrogen-bond donors (Lipinski definition) is 1. The van der Waals surface area contributed by atoms with Crippen molar-refractivity contribution in [2.75, 3.05) is 13.2 Å². The molecule has 0 aromatic heterocycles. The van der Waals surface area contributed by atoms with Crippen LogP contribution in [0.25, 0.3) is 0 Å². The Morgan fingerprint density at radius 3 is 2.53 bits per heavy atom. The average Bonchev–Trinajstić information content (AvgIpc) is 2.21. The second-order valence-corrected chi connectivity index (χ2v) is 5.23. The molecule has 0 aromatic carbocycles. The predicted octanol–water partition coefficient (Wildman–Crippen LogP) is 2.97. The zero-order valence-electron chi connectivity index (χ0n) is 10.8. The van der Waals surface area contributed by atoms with Gasteiger partial charge in [0.15, 0.2) is 0 Å². The normalized spacial score (nSPS) is 28.8. The second kappa shape index (κ2) is 5.86. The van der Waals surface area contributed by atoms with Gasteiger partial charge in [0.25, 0.3) is 0 Å². The van der Waals surface area contributed by atoms with Crippen molar-refractivity contribution in [3.05, 3.63) is 0 Å². The van der Waals surface area contributed by atoms with Crippen molar-refractivity contribution in [1.82, 2.24) is 5.32 Å². The lowest BCUT2D eigenvalue weighted by Crippen LogP contribution is -2.60. The van der Waals surface area contributed by atoms with Crippen LogP contribution in [0.5, 0.6) is 0 Å². The van der Waals surface area contributed by atoms with Gasteiger partial charge in [-0.1, -0.05) is 40.5 Å². The lowest BCUT2D eigenvalue weighted by Gasteiger charge is -2.52. The summed E-state index contributed by atoms with van der Waals surface area (Å²) in [7, 11) is 0. The molecule has 1 rings (SSSR count). The van der Waals surface area contributed by atoms with E-state index < -0.39 is 0 Å². The highest BCUT2D eigenvalue weighted by molar-refractivity contribution is 5.02. The van der Waals surface area contributed by atoms with Crippen molar-refractivity contribution in [2.45, 2.75) is 65.5 Å². The number of unbranched alkanes of at least 4 members (excludes halogenated alkanes) is 2. The molecule has 2 atom stereocenters. The molecular formula is C13H27NO. The van der Waals surface area contributed by atoms with Crippen LogP contribution in [0, 0.1) is 5.41 Å². The monoisotopic (exact) mass is 213 g/mol. The zero-order chi connectivity index (χ0) is 11.3. The molecule has 0 saturated heterocycles. The minimum atomic E-state index is 0.322. The van der Waals surface area contributed by atoms with Gasteiger partial charge in [-0.25, -0.2) is 0 Å². The topological polar surface area (TPSA) is 21.3 Å². The quantitative estimate of drug-likeness (QED) is 0.656. The fourth-order valence-corrected chi connectivity index (χ4v) is 2.34. The first-order valence-electron chi connectivity index (χ1n) is 6.47. The van der Waals surface area contributed by atoms with Gasteiger partial charge >= 0.3 is 0 Å². The number of ether oxygens (including phenoxy) is 1. The molecule has 1 N–H and O–H groups in total. The highest BCUT2D eigenvalue weighted by Crippen LogP contribution is 2.42. The first-order valence-corrected chi connectivity index (χ1v) is 6.47. The van der Waals surface area contributed by atoms with Crippen molar-refractivity contribution in [3.63, 3.8) is 0 Å². The van der Waals surface area contributed by atoms with Gasteiger partial charge in [0.1, 0.15) is 0 Å². The second-order valence-electron chi connectivity index (χ2n) is 5.23. The van der Waals surface area contributed by atoms with E-state index in [2.05, 4.69) is 33.0 Å². The average molecular weight is 213 g/mol. The maximum absolute atomic E-state index is 5.93. The Morgan fingerprint density at radius 2 is 2.00 bits per heavy atom. The molecule has 0 radical (unpaired) electrons. The molecule has 0 amide bonds.